The summed E-state index contributed by atoms with van der Waals surface area (Å²) in [4.78, 5) is 28.0. The van der Waals surface area contributed by atoms with Gasteiger partial charge in [0, 0.05) is 0 Å². The number of thioether (sulfide) groups is 1. The second kappa shape index (κ2) is 8.31. The molecule has 28 heavy (non-hydrogen) atoms. The van der Waals surface area contributed by atoms with E-state index in [-0.39, 0.29) is 5.91 Å². The number of carboxylic acids is 1. The van der Waals surface area contributed by atoms with Gasteiger partial charge in [-0.15, -0.1) is 0 Å². The van der Waals surface area contributed by atoms with Crippen LogP contribution in [0.2, 0.25) is 0 Å². The van der Waals surface area contributed by atoms with Gasteiger partial charge in [-0.05, 0) is 79.6 Å². The molecule has 1 fully saturated rings. The maximum absolute atomic E-state index is 12.2. The molecule has 144 valence electrons. The fraction of sp³-hybridized carbons (Fsp3) is 0.190. The lowest BCUT2D eigenvalue weighted by molar-refractivity contribution is -0.312. The molecule has 0 bridgehead atoms. The van der Waals surface area contributed by atoms with E-state index in [1.165, 1.54) is 24.2 Å². The second-order valence-corrected chi connectivity index (χ2v) is 7.43. The first kappa shape index (κ1) is 19.7. The fourth-order valence-electron chi connectivity index (χ4n) is 2.44. The summed E-state index contributed by atoms with van der Waals surface area (Å²) in [5, 5.41) is 14.0. The Bertz CT molecular complexity index is 980. The summed E-state index contributed by atoms with van der Waals surface area (Å²) >= 11 is 1.27. The number of nitrogens with zero attached hydrogens (tertiary/aromatic N) is 1. The lowest BCUT2D eigenvalue weighted by Crippen LogP contribution is -2.37. The Hall–Kier alpha value is -3.06. The van der Waals surface area contributed by atoms with Crippen LogP contribution in [0.25, 0.3) is 6.08 Å². The summed E-state index contributed by atoms with van der Waals surface area (Å²) < 4.78 is 5.24. The zero-order chi connectivity index (χ0) is 20.3. The van der Waals surface area contributed by atoms with Crippen molar-refractivity contribution in [2.24, 2.45) is 4.99 Å². The van der Waals surface area contributed by atoms with Crippen LogP contribution >= 0.6 is 11.8 Å². The molecule has 1 heterocycles. The van der Waals surface area contributed by atoms with Crippen molar-refractivity contribution in [2.45, 2.75) is 26.9 Å². The van der Waals surface area contributed by atoms with Gasteiger partial charge >= 0.3 is 0 Å². The van der Waals surface area contributed by atoms with Crippen molar-refractivity contribution < 1.29 is 19.4 Å². The Kier molecular flexibility index (Phi) is 5.84. The first-order valence-electron chi connectivity index (χ1n) is 8.66. The highest BCUT2D eigenvalue weighted by Crippen LogP contribution is 2.29. The van der Waals surface area contributed by atoms with Crippen LogP contribution in [0.1, 0.15) is 23.6 Å². The highest BCUT2D eigenvalue weighted by Gasteiger charge is 2.23. The van der Waals surface area contributed by atoms with Crippen LogP contribution in [0, 0.1) is 13.8 Å². The number of aryl methyl sites for hydroxylation is 2. The van der Waals surface area contributed by atoms with E-state index < -0.39 is 12.1 Å². The van der Waals surface area contributed by atoms with E-state index in [2.05, 4.69) is 10.3 Å². The molecule has 1 aliphatic heterocycles. The fourth-order valence-corrected chi connectivity index (χ4v) is 3.28. The van der Waals surface area contributed by atoms with Crippen LogP contribution in [-0.4, -0.2) is 23.1 Å². The van der Waals surface area contributed by atoms with Crippen molar-refractivity contribution in [1.29, 1.82) is 0 Å². The molecule has 0 aromatic heterocycles. The van der Waals surface area contributed by atoms with Crippen LogP contribution in [-0.2, 0) is 9.59 Å². The molecular weight excluding hydrogens is 376 g/mol. The van der Waals surface area contributed by atoms with Gasteiger partial charge in [-0.2, -0.15) is 0 Å². The molecule has 0 unspecified atom stereocenters. The SMILES string of the molecule is Cc1ccc(N=C2NC(=O)/C(=C\c3ccc(O[C@@H](C)C(=O)[O-])cc3)S2)cc1C. The van der Waals surface area contributed by atoms with Crippen molar-refractivity contribution in [3.05, 3.63) is 64.1 Å². The van der Waals surface area contributed by atoms with Gasteiger partial charge in [0.25, 0.3) is 5.91 Å². The summed E-state index contributed by atoms with van der Waals surface area (Å²) in [6.07, 6.45) is 0.707. The molecule has 2 aromatic rings. The third-order valence-electron chi connectivity index (χ3n) is 4.19. The average Bonchev–Trinajstić information content (AvgIpc) is 2.98. The average molecular weight is 395 g/mol. The van der Waals surface area contributed by atoms with Crippen molar-refractivity contribution in [1.82, 2.24) is 5.32 Å². The van der Waals surface area contributed by atoms with Crippen molar-refractivity contribution >= 4 is 40.6 Å². The lowest BCUT2D eigenvalue weighted by Gasteiger charge is -2.15. The number of aliphatic imine (C=N–C) groups is 1. The largest absolute Gasteiger partial charge is 0.546 e. The summed E-state index contributed by atoms with van der Waals surface area (Å²) in [6, 6.07) is 12.7. The predicted molar refractivity (Wildman–Crippen MR) is 108 cm³/mol. The van der Waals surface area contributed by atoms with Gasteiger partial charge in [0.2, 0.25) is 0 Å². The van der Waals surface area contributed by atoms with Crippen molar-refractivity contribution in [3.8, 4) is 5.75 Å². The van der Waals surface area contributed by atoms with Gasteiger partial charge < -0.3 is 20.0 Å². The molecular formula is C21H19N2O4S-. The van der Waals surface area contributed by atoms with Gasteiger partial charge in [0.1, 0.15) is 11.9 Å². The van der Waals surface area contributed by atoms with Gasteiger partial charge in [0.15, 0.2) is 5.17 Å². The van der Waals surface area contributed by atoms with Gasteiger partial charge in [-0.3, -0.25) is 4.79 Å². The number of carbonyl (C=O) groups excluding carboxylic acids is 2. The summed E-state index contributed by atoms with van der Waals surface area (Å²) in [5.74, 6) is -1.07. The Morgan fingerprint density at radius 1 is 1.18 bits per heavy atom. The standard InChI is InChI=1S/C21H20N2O4S/c1-12-4-7-16(10-13(12)2)22-21-23-19(24)18(28-21)11-15-5-8-17(9-6-15)27-14(3)20(25)26/h4-11,14H,1-3H3,(H,25,26)(H,22,23,24)/p-1/b18-11+/t14-/m0/s1. The third kappa shape index (κ3) is 4.80. The smallest absolute Gasteiger partial charge is 0.264 e. The number of ether oxygens (including phenoxy) is 1. The van der Waals surface area contributed by atoms with Gasteiger partial charge in [-0.25, -0.2) is 4.99 Å². The molecule has 0 saturated carbocycles. The van der Waals surface area contributed by atoms with E-state index in [4.69, 9.17) is 4.74 Å². The maximum Gasteiger partial charge on any atom is 0.264 e. The van der Waals surface area contributed by atoms with E-state index >= 15 is 0 Å². The van der Waals surface area contributed by atoms with E-state index in [0.717, 1.165) is 16.8 Å². The summed E-state index contributed by atoms with van der Waals surface area (Å²) in [7, 11) is 0. The Morgan fingerprint density at radius 3 is 2.54 bits per heavy atom. The number of benzene rings is 2. The molecule has 0 aliphatic carbocycles. The monoisotopic (exact) mass is 395 g/mol. The Labute approximate surface area is 167 Å². The molecule has 0 radical (unpaired) electrons. The Balaban J connectivity index is 1.72. The number of carboxylic acid groups (broad SMARTS) is 1. The van der Waals surface area contributed by atoms with E-state index in [1.807, 2.05) is 32.0 Å². The molecule has 1 N–H and O–H groups in total. The van der Waals surface area contributed by atoms with E-state index in [1.54, 1.807) is 30.3 Å². The van der Waals surface area contributed by atoms with Crippen LogP contribution in [0.4, 0.5) is 5.69 Å². The normalized spacial score (nSPS) is 17.6. The van der Waals surface area contributed by atoms with Crippen molar-refractivity contribution in [3.63, 3.8) is 0 Å². The van der Waals surface area contributed by atoms with Crippen LogP contribution in [0.5, 0.6) is 5.75 Å². The van der Waals surface area contributed by atoms with Crippen LogP contribution in [0.15, 0.2) is 52.4 Å². The first-order chi connectivity index (χ1) is 13.3. The van der Waals surface area contributed by atoms with Gasteiger partial charge in [-0.1, -0.05) is 18.2 Å². The molecule has 1 amide bonds. The summed E-state index contributed by atoms with van der Waals surface area (Å²) in [5.41, 5.74) is 3.91. The number of hydrogen-bond donors (Lipinski definition) is 1. The number of aliphatic carboxylic acids is 1. The zero-order valence-electron chi connectivity index (χ0n) is 15.7. The molecule has 2 aromatic carbocycles. The van der Waals surface area contributed by atoms with Crippen molar-refractivity contribution in [2.75, 3.05) is 0 Å². The van der Waals surface area contributed by atoms with E-state index in [0.29, 0.717) is 15.8 Å². The summed E-state index contributed by atoms with van der Waals surface area (Å²) in [6.45, 7) is 5.46. The predicted octanol–water partition coefficient (Wildman–Crippen LogP) is 2.71. The quantitative estimate of drug-likeness (QED) is 0.786. The number of rotatable bonds is 5. The second-order valence-electron chi connectivity index (χ2n) is 6.40. The van der Waals surface area contributed by atoms with E-state index in [9.17, 15) is 14.7 Å². The number of nitrogens with one attached hydrogen (secondary N) is 1. The molecule has 6 nitrogen and oxygen atoms in total. The van der Waals surface area contributed by atoms with Crippen LogP contribution in [0.3, 0.4) is 0 Å². The molecule has 3 rings (SSSR count). The minimum absolute atomic E-state index is 0.210. The first-order valence-corrected chi connectivity index (χ1v) is 9.48. The zero-order valence-corrected chi connectivity index (χ0v) is 16.5. The molecule has 1 saturated heterocycles. The highest BCUT2D eigenvalue weighted by molar-refractivity contribution is 8.18. The lowest BCUT2D eigenvalue weighted by atomic mass is 10.1. The number of hydrogen-bond acceptors (Lipinski definition) is 6. The van der Waals surface area contributed by atoms with Gasteiger partial charge in [0.05, 0.1) is 16.6 Å². The van der Waals surface area contributed by atoms with Crippen LogP contribution < -0.4 is 15.2 Å². The maximum atomic E-state index is 12.2. The third-order valence-corrected chi connectivity index (χ3v) is 5.10. The molecule has 1 aliphatic rings. The number of amides is 1. The number of carbonyl (C=O) groups is 2. The highest BCUT2D eigenvalue weighted by atomic mass is 32.2. The minimum atomic E-state index is -1.28. The number of amidine groups is 1. The topological polar surface area (TPSA) is 90.8 Å². The Morgan fingerprint density at radius 2 is 1.89 bits per heavy atom. The molecule has 0 spiro atoms. The molecule has 7 heteroatoms. The minimum Gasteiger partial charge on any atom is -0.546 e. The molecule has 1 atom stereocenters.